The van der Waals surface area contributed by atoms with E-state index in [1.807, 2.05) is 5.38 Å². The summed E-state index contributed by atoms with van der Waals surface area (Å²) in [5.41, 5.74) is 7.36. The van der Waals surface area contributed by atoms with Gasteiger partial charge in [-0.15, -0.1) is 11.3 Å². The molecule has 0 unspecified atom stereocenters. The lowest BCUT2D eigenvalue weighted by Crippen LogP contribution is -2.08. The number of carbonyl (C=O) groups excluding carboxylic acids is 1. The number of nitrogen functional groups attached to an aromatic ring is 1. The monoisotopic (exact) mass is 250 g/mol. The van der Waals surface area contributed by atoms with E-state index in [4.69, 9.17) is 5.73 Å². The van der Waals surface area contributed by atoms with Crippen molar-refractivity contribution in [3.8, 4) is 0 Å². The first-order chi connectivity index (χ1) is 8.25. The molecule has 0 saturated heterocycles. The van der Waals surface area contributed by atoms with Gasteiger partial charge in [-0.05, 0) is 31.3 Å². The van der Waals surface area contributed by atoms with Gasteiger partial charge in [-0.2, -0.15) is 0 Å². The van der Waals surface area contributed by atoms with Crippen molar-refractivity contribution in [1.82, 2.24) is 4.98 Å². The molecule has 0 fully saturated rings. The van der Waals surface area contributed by atoms with E-state index >= 15 is 0 Å². The van der Waals surface area contributed by atoms with Gasteiger partial charge in [0.25, 0.3) is 0 Å². The van der Waals surface area contributed by atoms with Crippen molar-refractivity contribution in [1.29, 1.82) is 0 Å². The summed E-state index contributed by atoms with van der Waals surface area (Å²) in [7, 11) is 0. The maximum Gasteiger partial charge on any atom is 0.180 e. The fourth-order valence-electron chi connectivity index (χ4n) is 2.13. The summed E-state index contributed by atoms with van der Waals surface area (Å²) in [5, 5.41) is 2.41. The van der Waals surface area contributed by atoms with Gasteiger partial charge in [-0.25, -0.2) is 4.98 Å². The van der Waals surface area contributed by atoms with Crippen molar-refractivity contribution in [2.75, 3.05) is 5.73 Å². The summed E-state index contributed by atoms with van der Waals surface area (Å²) in [6, 6.07) is 0. The summed E-state index contributed by atoms with van der Waals surface area (Å²) in [4.78, 5) is 16.2. The number of Topliss-reactive ketones (excluding diaryl/α,β-unsaturated/α-hetero) is 1. The number of thiazole rings is 1. The van der Waals surface area contributed by atoms with Crippen LogP contribution in [0.3, 0.4) is 0 Å². The van der Waals surface area contributed by atoms with Crippen LogP contribution in [0.2, 0.25) is 0 Å². The van der Waals surface area contributed by atoms with E-state index in [1.54, 1.807) is 0 Å². The molecule has 0 radical (unpaired) electrons. The smallest absolute Gasteiger partial charge is 0.180 e. The van der Waals surface area contributed by atoms with Gasteiger partial charge in [0.15, 0.2) is 10.9 Å². The van der Waals surface area contributed by atoms with Crippen molar-refractivity contribution in [3.05, 3.63) is 22.7 Å². The molecule has 1 aliphatic rings. The first kappa shape index (κ1) is 12.3. The number of hydrogen-bond donors (Lipinski definition) is 1. The second-order valence-electron chi connectivity index (χ2n) is 4.46. The lowest BCUT2D eigenvalue weighted by Gasteiger charge is -2.09. The Balaban J connectivity index is 1.98. The first-order valence-corrected chi connectivity index (χ1v) is 7.06. The highest BCUT2D eigenvalue weighted by atomic mass is 32.1. The molecule has 0 atom stereocenters. The van der Waals surface area contributed by atoms with Crippen LogP contribution in [0.5, 0.6) is 0 Å². The first-order valence-electron chi connectivity index (χ1n) is 6.18. The van der Waals surface area contributed by atoms with E-state index in [0.717, 1.165) is 30.5 Å². The Bertz CT molecular complexity index is 423. The van der Waals surface area contributed by atoms with Crippen LogP contribution in [-0.2, 0) is 11.2 Å². The highest BCUT2D eigenvalue weighted by Gasteiger charge is 2.13. The van der Waals surface area contributed by atoms with Gasteiger partial charge < -0.3 is 5.73 Å². The van der Waals surface area contributed by atoms with Crippen LogP contribution in [0.25, 0.3) is 0 Å². The van der Waals surface area contributed by atoms with Gasteiger partial charge in [0.05, 0.1) is 12.1 Å². The number of ketones is 1. The third kappa shape index (κ3) is 3.66. The Morgan fingerprint density at radius 2 is 2.18 bits per heavy atom. The molecule has 1 aliphatic carbocycles. The van der Waals surface area contributed by atoms with Gasteiger partial charge >= 0.3 is 0 Å². The molecule has 92 valence electrons. The predicted octanol–water partition coefficient (Wildman–Crippen LogP) is 3.12. The van der Waals surface area contributed by atoms with E-state index in [-0.39, 0.29) is 5.78 Å². The molecule has 0 bridgehead atoms. The summed E-state index contributed by atoms with van der Waals surface area (Å²) >= 11 is 1.40. The third-order valence-corrected chi connectivity index (χ3v) is 3.78. The molecule has 1 aromatic rings. The number of allylic oxidation sites excluding steroid dienone is 2. The average molecular weight is 250 g/mol. The third-order valence-electron chi connectivity index (χ3n) is 3.06. The summed E-state index contributed by atoms with van der Waals surface area (Å²) in [6.07, 6.45) is 9.38. The number of carbonyl (C=O) groups is 1. The topological polar surface area (TPSA) is 56.0 Å². The van der Waals surface area contributed by atoms with Crippen LogP contribution in [0.15, 0.2) is 17.0 Å². The van der Waals surface area contributed by atoms with E-state index < -0.39 is 0 Å². The normalized spacial score (nSPS) is 17.1. The lowest BCUT2D eigenvalue weighted by molar-refractivity contribution is -0.115. The minimum atomic E-state index is 0.220. The number of aromatic nitrogens is 1. The molecule has 0 aromatic carbocycles. The van der Waals surface area contributed by atoms with Gasteiger partial charge in [-0.3, -0.25) is 4.79 Å². The molecule has 1 aromatic heterocycles. The van der Waals surface area contributed by atoms with Crippen molar-refractivity contribution < 1.29 is 4.79 Å². The van der Waals surface area contributed by atoms with Gasteiger partial charge in [-0.1, -0.05) is 18.9 Å². The van der Waals surface area contributed by atoms with Gasteiger partial charge in [0, 0.05) is 5.38 Å². The second-order valence-corrected chi connectivity index (χ2v) is 5.35. The van der Waals surface area contributed by atoms with Crippen LogP contribution in [-0.4, -0.2) is 10.8 Å². The van der Waals surface area contributed by atoms with Crippen molar-refractivity contribution in [2.45, 2.75) is 44.9 Å². The molecule has 2 rings (SSSR count). The minimum Gasteiger partial charge on any atom is -0.375 e. The van der Waals surface area contributed by atoms with E-state index in [1.165, 1.54) is 30.6 Å². The van der Waals surface area contributed by atoms with E-state index in [0.29, 0.717) is 11.6 Å². The van der Waals surface area contributed by atoms with Crippen LogP contribution >= 0.6 is 11.3 Å². The summed E-state index contributed by atoms with van der Waals surface area (Å²) in [5.74, 6) is 0.220. The molecule has 2 N–H and O–H groups in total. The molecular weight excluding hydrogens is 232 g/mol. The van der Waals surface area contributed by atoms with Crippen LogP contribution in [0, 0.1) is 0 Å². The lowest BCUT2D eigenvalue weighted by atomic mass is 9.95. The number of anilines is 1. The zero-order valence-corrected chi connectivity index (χ0v) is 10.8. The highest BCUT2D eigenvalue weighted by Crippen LogP contribution is 2.20. The Labute approximate surface area is 106 Å². The van der Waals surface area contributed by atoms with Crippen LogP contribution in [0.1, 0.15) is 44.2 Å². The molecule has 0 spiro atoms. The van der Waals surface area contributed by atoms with Crippen molar-refractivity contribution >= 4 is 22.3 Å². The van der Waals surface area contributed by atoms with E-state index in [2.05, 4.69) is 11.1 Å². The maximum absolute atomic E-state index is 12.1. The molecule has 4 heteroatoms. The van der Waals surface area contributed by atoms with Gasteiger partial charge in [0.2, 0.25) is 0 Å². The molecule has 17 heavy (non-hydrogen) atoms. The van der Waals surface area contributed by atoms with Gasteiger partial charge in [0.1, 0.15) is 0 Å². The van der Waals surface area contributed by atoms with Crippen LogP contribution in [0.4, 0.5) is 5.13 Å². The summed E-state index contributed by atoms with van der Waals surface area (Å²) < 4.78 is 0. The summed E-state index contributed by atoms with van der Waals surface area (Å²) in [6.45, 7) is 0. The highest BCUT2D eigenvalue weighted by molar-refractivity contribution is 7.13. The number of hydrogen-bond acceptors (Lipinski definition) is 4. The standard InChI is InChI=1S/C13H18N2OS/c14-13-15-11(9-17-13)8-12(16)10-6-4-2-1-3-5-7-10/h6,9H,1-5,7-8H2,(H2,14,15). The zero-order chi connectivity index (χ0) is 12.1. The quantitative estimate of drug-likeness (QED) is 0.896. The Morgan fingerprint density at radius 3 is 2.94 bits per heavy atom. The fourth-order valence-corrected chi connectivity index (χ4v) is 2.69. The SMILES string of the molecule is Nc1nc(CC(=O)C2=CCCCCCC2)cs1. The fraction of sp³-hybridized carbons (Fsp3) is 0.538. The number of nitrogens with two attached hydrogens (primary N) is 1. The molecule has 0 aliphatic heterocycles. The average Bonchev–Trinajstić information content (AvgIpc) is 2.63. The molecular formula is C13H18N2OS. The Kier molecular flexibility index (Phi) is 4.31. The largest absolute Gasteiger partial charge is 0.375 e. The molecule has 1 heterocycles. The number of nitrogens with zero attached hydrogens (tertiary/aromatic N) is 1. The maximum atomic E-state index is 12.1. The number of rotatable bonds is 3. The minimum absolute atomic E-state index is 0.220. The molecule has 0 amide bonds. The van der Waals surface area contributed by atoms with Crippen LogP contribution < -0.4 is 5.73 Å². The Morgan fingerprint density at radius 1 is 1.35 bits per heavy atom. The zero-order valence-electron chi connectivity index (χ0n) is 9.95. The molecule has 3 nitrogen and oxygen atoms in total. The molecule has 0 saturated carbocycles. The van der Waals surface area contributed by atoms with E-state index in [9.17, 15) is 4.79 Å². The van der Waals surface area contributed by atoms with Crippen molar-refractivity contribution in [3.63, 3.8) is 0 Å². The Hall–Kier alpha value is -1.16. The predicted molar refractivity (Wildman–Crippen MR) is 71.0 cm³/mol. The van der Waals surface area contributed by atoms with Crippen molar-refractivity contribution in [2.24, 2.45) is 0 Å². The second kappa shape index (κ2) is 5.96.